The standard InChI is InChI=1S/C17H23N3/c1-17(2)8-7-14(10-17)19-16-13(11-18)9-12-5-3-4-6-15(12)20-16/h9,14H,3-8,10H2,1-2H3,(H,19,20). The Balaban J connectivity index is 1.84. The van der Waals surface area contributed by atoms with Crippen LogP contribution in [0.4, 0.5) is 5.82 Å². The van der Waals surface area contributed by atoms with E-state index in [4.69, 9.17) is 4.98 Å². The Morgan fingerprint density at radius 2 is 2.15 bits per heavy atom. The zero-order valence-corrected chi connectivity index (χ0v) is 12.5. The van der Waals surface area contributed by atoms with Crippen LogP contribution in [0.25, 0.3) is 0 Å². The number of pyridine rings is 1. The molecule has 1 unspecified atom stereocenters. The van der Waals surface area contributed by atoms with Crippen molar-refractivity contribution in [3.05, 3.63) is 22.9 Å². The minimum absolute atomic E-state index is 0.415. The summed E-state index contributed by atoms with van der Waals surface area (Å²) in [6, 6.07) is 4.84. The third-order valence-electron chi connectivity index (χ3n) is 4.73. The summed E-state index contributed by atoms with van der Waals surface area (Å²) in [5, 5.41) is 12.9. The van der Waals surface area contributed by atoms with E-state index in [1.165, 1.54) is 36.9 Å². The first-order valence-electron chi connectivity index (χ1n) is 7.77. The smallest absolute Gasteiger partial charge is 0.144 e. The normalized spacial score (nSPS) is 23.9. The molecular weight excluding hydrogens is 246 g/mol. The summed E-state index contributed by atoms with van der Waals surface area (Å²) >= 11 is 0. The lowest BCUT2D eigenvalue weighted by Gasteiger charge is -2.21. The van der Waals surface area contributed by atoms with Gasteiger partial charge in [0.2, 0.25) is 0 Å². The summed E-state index contributed by atoms with van der Waals surface area (Å²) in [4.78, 5) is 4.76. The molecule has 1 saturated carbocycles. The van der Waals surface area contributed by atoms with Crippen molar-refractivity contribution >= 4 is 5.82 Å². The van der Waals surface area contributed by atoms with Gasteiger partial charge in [-0.3, -0.25) is 0 Å². The maximum absolute atomic E-state index is 9.37. The summed E-state index contributed by atoms with van der Waals surface area (Å²) in [5.74, 6) is 0.816. The summed E-state index contributed by atoms with van der Waals surface area (Å²) in [6.45, 7) is 4.64. The molecule has 0 saturated heterocycles. The zero-order chi connectivity index (χ0) is 14.2. The number of aryl methyl sites for hydroxylation is 2. The fraction of sp³-hybridized carbons (Fsp3) is 0.647. The highest BCUT2D eigenvalue weighted by atomic mass is 15.0. The Hall–Kier alpha value is -1.56. The van der Waals surface area contributed by atoms with E-state index < -0.39 is 0 Å². The minimum Gasteiger partial charge on any atom is -0.366 e. The lowest BCUT2D eigenvalue weighted by molar-refractivity contribution is 0.378. The number of hydrogen-bond acceptors (Lipinski definition) is 3. The Morgan fingerprint density at radius 3 is 2.85 bits per heavy atom. The molecule has 2 aliphatic rings. The van der Waals surface area contributed by atoms with Gasteiger partial charge in [0, 0.05) is 11.7 Å². The first-order valence-corrected chi connectivity index (χ1v) is 7.77. The van der Waals surface area contributed by atoms with Crippen molar-refractivity contribution in [2.75, 3.05) is 5.32 Å². The summed E-state index contributed by atoms with van der Waals surface area (Å²) in [7, 11) is 0. The first-order chi connectivity index (χ1) is 9.57. The molecule has 0 aliphatic heterocycles. The molecule has 1 N–H and O–H groups in total. The number of anilines is 1. The van der Waals surface area contributed by atoms with Gasteiger partial charge in [-0.1, -0.05) is 13.8 Å². The van der Waals surface area contributed by atoms with Gasteiger partial charge in [-0.25, -0.2) is 4.98 Å². The molecule has 1 fully saturated rings. The highest BCUT2D eigenvalue weighted by Crippen LogP contribution is 2.38. The predicted molar refractivity (Wildman–Crippen MR) is 80.6 cm³/mol. The molecule has 1 aromatic rings. The van der Waals surface area contributed by atoms with Gasteiger partial charge in [0.1, 0.15) is 11.9 Å². The van der Waals surface area contributed by atoms with Crippen LogP contribution in [0.5, 0.6) is 0 Å². The van der Waals surface area contributed by atoms with Crippen molar-refractivity contribution in [3.63, 3.8) is 0 Å². The van der Waals surface area contributed by atoms with E-state index >= 15 is 0 Å². The third kappa shape index (κ3) is 2.65. The van der Waals surface area contributed by atoms with Crippen molar-refractivity contribution < 1.29 is 0 Å². The van der Waals surface area contributed by atoms with Crippen molar-refractivity contribution in [1.82, 2.24) is 4.98 Å². The second kappa shape index (κ2) is 5.09. The van der Waals surface area contributed by atoms with Gasteiger partial charge < -0.3 is 5.32 Å². The van der Waals surface area contributed by atoms with Gasteiger partial charge in [-0.05, 0) is 62.0 Å². The predicted octanol–water partition coefficient (Wildman–Crippen LogP) is 3.82. The van der Waals surface area contributed by atoms with Crippen LogP contribution in [0.3, 0.4) is 0 Å². The fourth-order valence-electron chi connectivity index (χ4n) is 3.58. The molecule has 0 aromatic carbocycles. The number of aromatic nitrogens is 1. The van der Waals surface area contributed by atoms with Crippen LogP contribution in [0.2, 0.25) is 0 Å². The highest BCUT2D eigenvalue weighted by Gasteiger charge is 2.31. The topological polar surface area (TPSA) is 48.7 Å². The minimum atomic E-state index is 0.415. The lowest BCUT2D eigenvalue weighted by Crippen LogP contribution is -2.20. The molecule has 3 heteroatoms. The maximum Gasteiger partial charge on any atom is 0.144 e. The molecular formula is C17H23N3. The highest BCUT2D eigenvalue weighted by molar-refractivity contribution is 5.55. The van der Waals surface area contributed by atoms with E-state index in [1.54, 1.807) is 0 Å². The van der Waals surface area contributed by atoms with E-state index in [9.17, 15) is 5.26 Å². The molecule has 106 valence electrons. The second-order valence-corrected chi connectivity index (χ2v) is 7.06. The van der Waals surface area contributed by atoms with E-state index in [2.05, 4.69) is 31.3 Å². The van der Waals surface area contributed by atoms with Crippen molar-refractivity contribution in [1.29, 1.82) is 5.26 Å². The molecule has 3 rings (SSSR count). The van der Waals surface area contributed by atoms with Gasteiger partial charge in [-0.2, -0.15) is 5.26 Å². The lowest BCUT2D eigenvalue weighted by atomic mass is 9.92. The van der Waals surface area contributed by atoms with E-state index in [1.807, 2.05) is 0 Å². The van der Waals surface area contributed by atoms with Crippen molar-refractivity contribution in [2.45, 2.75) is 64.8 Å². The van der Waals surface area contributed by atoms with Crippen LogP contribution in [-0.2, 0) is 12.8 Å². The van der Waals surface area contributed by atoms with E-state index in [-0.39, 0.29) is 0 Å². The Labute approximate surface area is 121 Å². The van der Waals surface area contributed by atoms with E-state index in [0.29, 0.717) is 11.5 Å². The first kappa shape index (κ1) is 13.4. The zero-order valence-electron chi connectivity index (χ0n) is 12.5. The monoisotopic (exact) mass is 269 g/mol. The largest absolute Gasteiger partial charge is 0.366 e. The number of fused-ring (bicyclic) bond motifs is 1. The van der Waals surface area contributed by atoms with Crippen LogP contribution < -0.4 is 5.32 Å². The molecule has 0 bridgehead atoms. The summed E-state index contributed by atoms with van der Waals surface area (Å²) in [5.41, 5.74) is 3.62. The SMILES string of the molecule is CC1(C)CCC(Nc2nc3c(cc2C#N)CCCC3)C1. The van der Waals surface area contributed by atoms with Crippen LogP contribution in [-0.4, -0.2) is 11.0 Å². The number of rotatable bonds is 2. The molecule has 1 atom stereocenters. The Bertz CT molecular complexity index is 554. The number of nitrogens with zero attached hydrogens (tertiary/aromatic N) is 2. The second-order valence-electron chi connectivity index (χ2n) is 7.06. The van der Waals surface area contributed by atoms with Crippen LogP contribution in [0, 0.1) is 16.7 Å². The third-order valence-corrected chi connectivity index (χ3v) is 4.73. The van der Waals surface area contributed by atoms with Crippen LogP contribution in [0.1, 0.15) is 62.8 Å². The van der Waals surface area contributed by atoms with Crippen LogP contribution in [0.15, 0.2) is 6.07 Å². The fourth-order valence-corrected chi connectivity index (χ4v) is 3.58. The molecule has 0 amide bonds. The molecule has 1 aromatic heterocycles. The molecule has 3 nitrogen and oxygen atoms in total. The molecule has 0 spiro atoms. The molecule has 0 radical (unpaired) electrons. The number of nitrogens with one attached hydrogen (secondary N) is 1. The van der Waals surface area contributed by atoms with Gasteiger partial charge in [0.25, 0.3) is 0 Å². The molecule has 20 heavy (non-hydrogen) atoms. The molecule has 2 aliphatic carbocycles. The quantitative estimate of drug-likeness (QED) is 0.887. The number of hydrogen-bond donors (Lipinski definition) is 1. The number of nitriles is 1. The van der Waals surface area contributed by atoms with Gasteiger partial charge >= 0.3 is 0 Å². The maximum atomic E-state index is 9.37. The summed E-state index contributed by atoms with van der Waals surface area (Å²) < 4.78 is 0. The average Bonchev–Trinajstić information content (AvgIpc) is 2.77. The van der Waals surface area contributed by atoms with Crippen molar-refractivity contribution in [3.8, 4) is 6.07 Å². The van der Waals surface area contributed by atoms with Crippen molar-refractivity contribution in [2.24, 2.45) is 5.41 Å². The Kier molecular flexibility index (Phi) is 3.41. The molecule has 1 heterocycles. The van der Waals surface area contributed by atoms with Gasteiger partial charge in [0.15, 0.2) is 0 Å². The van der Waals surface area contributed by atoms with Gasteiger partial charge in [-0.15, -0.1) is 0 Å². The van der Waals surface area contributed by atoms with E-state index in [0.717, 1.165) is 30.6 Å². The summed E-state index contributed by atoms with van der Waals surface area (Å²) in [6.07, 6.45) is 8.18. The van der Waals surface area contributed by atoms with Crippen LogP contribution >= 0.6 is 0 Å². The Morgan fingerprint density at radius 1 is 1.35 bits per heavy atom. The van der Waals surface area contributed by atoms with Gasteiger partial charge in [0.05, 0.1) is 5.56 Å². The average molecular weight is 269 g/mol.